The molecule has 3 aromatic rings. The molecular formula is C20H19N3OS2. The van der Waals surface area contributed by atoms with Crippen molar-refractivity contribution in [1.82, 2.24) is 10.2 Å². The van der Waals surface area contributed by atoms with Crippen molar-refractivity contribution in [2.45, 2.75) is 18.4 Å². The van der Waals surface area contributed by atoms with Crippen molar-refractivity contribution in [1.29, 1.82) is 0 Å². The van der Waals surface area contributed by atoms with E-state index in [9.17, 15) is 4.79 Å². The van der Waals surface area contributed by atoms with Gasteiger partial charge in [0.1, 0.15) is 5.01 Å². The monoisotopic (exact) mass is 381 g/mol. The van der Waals surface area contributed by atoms with Gasteiger partial charge in [0.2, 0.25) is 11.0 Å². The van der Waals surface area contributed by atoms with E-state index in [0.29, 0.717) is 5.13 Å². The van der Waals surface area contributed by atoms with Gasteiger partial charge in [0.05, 0.1) is 0 Å². The van der Waals surface area contributed by atoms with Crippen LogP contribution >= 0.6 is 23.1 Å². The van der Waals surface area contributed by atoms with Gasteiger partial charge in [-0.2, -0.15) is 0 Å². The second kappa shape index (κ2) is 9.31. The zero-order chi connectivity index (χ0) is 18.2. The Hall–Kier alpha value is -2.44. The number of nitrogens with zero attached hydrogens (tertiary/aromatic N) is 2. The number of nitrogens with one attached hydrogen (secondary N) is 1. The average Bonchev–Trinajstić information content (AvgIpc) is 3.08. The molecule has 26 heavy (non-hydrogen) atoms. The first-order chi connectivity index (χ1) is 12.7. The highest BCUT2D eigenvalue weighted by Crippen LogP contribution is 2.23. The van der Waals surface area contributed by atoms with Crippen molar-refractivity contribution in [3.05, 3.63) is 82.4 Å². The second-order valence-electron chi connectivity index (χ2n) is 5.72. The Balaban J connectivity index is 1.47. The molecule has 132 valence electrons. The summed E-state index contributed by atoms with van der Waals surface area (Å²) in [6.45, 7) is 2.10. The molecule has 1 aromatic heterocycles. The van der Waals surface area contributed by atoms with Gasteiger partial charge in [-0.15, -0.1) is 22.0 Å². The summed E-state index contributed by atoms with van der Waals surface area (Å²) in [7, 11) is 0. The number of amides is 1. The third-order valence-corrected chi connectivity index (χ3v) is 5.54. The molecule has 6 heteroatoms. The summed E-state index contributed by atoms with van der Waals surface area (Å²) in [4.78, 5) is 12.0. The summed E-state index contributed by atoms with van der Waals surface area (Å²) in [6, 6.07) is 18.2. The van der Waals surface area contributed by atoms with Gasteiger partial charge >= 0.3 is 0 Å². The van der Waals surface area contributed by atoms with Gasteiger partial charge in [0.15, 0.2) is 0 Å². The first-order valence-electron chi connectivity index (χ1n) is 8.19. The van der Waals surface area contributed by atoms with E-state index in [1.807, 2.05) is 30.3 Å². The number of rotatable bonds is 7. The SMILES string of the molecule is Cc1cccc(CSCc2nnc(NC(=O)/C=C/c3ccccc3)s2)c1. The van der Waals surface area contributed by atoms with E-state index >= 15 is 0 Å². The van der Waals surface area contributed by atoms with Crippen molar-refractivity contribution in [2.24, 2.45) is 0 Å². The molecule has 2 aromatic carbocycles. The highest BCUT2D eigenvalue weighted by molar-refractivity contribution is 7.97. The van der Waals surface area contributed by atoms with E-state index in [-0.39, 0.29) is 5.91 Å². The first kappa shape index (κ1) is 18.4. The lowest BCUT2D eigenvalue weighted by molar-refractivity contribution is -0.111. The lowest BCUT2D eigenvalue weighted by Gasteiger charge is -2.01. The fourth-order valence-electron chi connectivity index (χ4n) is 2.30. The van der Waals surface area contributed by atoms with E-state index in [1.54, 1.807) is 17.8 Å². The normalized spacial score (nSPS) is 11.0. The molecule has 0 spiro atoms. The van der Waals surface area contributed by atoms with Crippen LogP contribution in [0.25, 0.3) is 6.08 Å². The number of benzene rings is 2. The molecule has 0 aliphatic carbocycles. The Morgan fingerprint density at radius 3 is 2.77 bits per heavy atom. The van der Waals surface area contributed by atoms with Gasteiger partial charge in [-0.1, -0.05) is 71.5 Å². The second-order valence-corrected chi connectivity index (χ2v) is 7.76. The summed E-state index contributed by atoms with van der Waals surface area (Å²) >= 11 is 3.20. The molecule has 0 bridgehead atoms. The van der Waals surface area contributed by atoms with Crippen LogP contribution in [-0.2, 0) is 16.3 Å². The topological polar surface area (TPSA) is 54.9 Å². The van der Waals surface area contributed by atoms with E-state index in [0.717, 1.165) is 22.1 Å². The minimum atomic E-state index is -0.205. The highest BCUT2D eigenvalue weighted by Gasteiger charge is 2.06. The Bertz CT molecular complexity index is 891. The van der Waals surface area contributed by atoms with Crippen LogP contribution < -0.4 is 5.32 Å². The van der Waals surface area contributed by atoms with Crippen molar-refractivity contribution >= 4 is 40.2 Å². The molecule has 0 aliphatic rings. The molecule has 0 radical (unpaired) electrons. The average molecular weight is 382 g/mol. The molecule has 1 heterocycles. The molecule has 1 amide bonds. The minimum Gasteiger partial charge on any atom is -0.297 e. The Morgan fingerprint density at radius 2 is 1.96 bits per heavy atom. The standard InChI is InChI=1S/C20H19N3OS2/c1-15-6-5-9-17(12-15)13-25-14-19-22-23-20(26-19)21-18(24)11-10-16-7-3-2-4-8-16/h2-12H,13-14H2,1H3,(H,21,23,24)/b11-10+. The quantitative estimate of drug-likeness (QED) is 0.590. The van der Waals surface area contributed by atoms with Crippen molar-refractivity contribution in [2.75, 3.05) is 5.32 Å². The fourth-order valence-corrected chi connectivity index (χ4v) is 4.08. The molecule has 0 aliphatic heterocycles. The van der Waals surface area contributed by atoms with Crippen LogP contribution in [0, 0.1) is 6.92 Å². The van der Waals surface area contributed by atoms with E-state index in [2.05, 4.69) is 46.7 Å². The molecule has 4 nitrogen and oxygen atoms in total. The highest BCUT2D eigenvalue weighted by atomic mass is 32.2. The summed E-state index contributed by atoms with van der Waals surface area (Å²) in [5.74, 6) is 1.51. The zero-order valence-corrected chi connectivity index (χ0v) is 16.0. The van der Waals surface area contributed by atoms with Crippen LogP contribution in [0.2, 0.25) is 0 Å². The smallest absolute Gasteiger partial charge is 0.250 e. The summed E-state index contributed by atoms with van der Waals surface area (Å²) in [5.41, 5.74) is 3.56. The van der Waals surface area contributed by atoms with Gasteiger partial charge in [0.25, 0.3) is 0 Å². The number of carbonyl (C=O) groups excluding carboxylic acids is 1. The third-order valence-electron chi connectivity index (χ3n) is 3.50. The minimum absolute atomic E-state index is 0.205. The first-order valence-corrected chi connectivity index (χ1v) is 10.2. The van der Waals surface area contributed by atoms with E-state index in [4.69, 9.17) is 0 Å². The van der Waals surface area contributed by atoms with Crippen molar-refractivity contribution in [3.8, 4) is 0 Å². The molecule has 3 rings (SSSR count). The molecule has 0 fully saturated rings. The predicted octanol–water partition coefficient (Wildman–Crippen LogP) is 4.93. The van der Waals surface area contributed by atoms with Crippen molar-refractivity contribution in [3.63, 3.8) is 0 Å². The number of hydrogen-bond acceptors (Lipinski definition) is 5. The van der Waals surface area contributed by atoms with Gasteiger partial charge in [-0.25, -0.2) is 0 Å². The number of hydrogen-bond donors (Lipinski definition) is 1. The number of aromatic nitrogens is 2. The van der Waals surface area contributed by atoms with Crippen LogP contribution in [0.1, 0.15) is 21.7 Å². The summed E-state index contributed by atoms with van der Waals surface area (Å²) in [6.07, 6.45) is 3.28. The largest absolute Gasteiger partial charge is 0.297 e. The maximum absolute atomic E-state index is 12.0. The fraction of sp³-hybridized carbons (Fsp3) is 0.150. The van der Waals surface area contributed by atoms with Gasteiger partial charge in [-0.05, 0) is 24.1 Å². The molecule has 0 unspecified atom stereocenters. The Morgan fingerprint density at radius 1 is 1.12 bits per heavy atom. The number of carbonyl (C=O) groups is 1. The Kier molecular flexibility index (Phi) is 6.57. The predicted molar refractivity (Wildman–Crippen MR) is 110 cm³/mol. The van der Waals surface area contributed by atoms with E-state index < -0.39 is 0 Å². The van der Waals surface area contributed by atoms with E-state index in [1.165, 1.54) is 28.5 Å². The van der Waals surface area contributed by atoms with Crippen molar-refractivity contribution < 1.29 is 4.79 Å². The van der Waals surface area contributed by atoms with Crippen LogP contribution in [0.4, 0.5) is 5.13 Å². The maximum Gasteiger partial charge on any atom is 0.250 e. The third kappa shape index (κ3) is 5.82. The lowest BCUT2D eigenvalue weighted by atomic mass is 10.2. The molecular weight excluding hydrogens is 362 g/mol. The van der Waals surface area contributed by atoms with Crippen LogP contribution in [0.3, 0.4) is 0 Å². The van der Waals surface area contributed by atoms with Crippen LogP contribution in [0.5, 0.6) is 0 Å². The molecule has 0 atom stereocenters. The lowest BCUT2D eigenvalue weighted by Crippen LogP contribution is -2.07. The van der Waals surface area contributed by atoms with Gasteiger partial charge in [-0.3, -0.25) is 10.1 Å². The maximum atomic E-state index is 12.0. The van der Waals surface area contributed by atoms with Crippen LogP contribution in [-0.4, -0.2) is 16.1 Å². The number of anilines is 1. The Labute approximate surface area is 161 Å². The summed E-state index contributed by atoms with van der Waals surface area (Å²) < 4.78 is 0. The van der Waals surface area contributed by atoms with Gasteiger partial charge < -0.3 is 0 Å². The summed E-state index contributed by atoms with van der Waals surface area (Å²) in [5, 5.41) is 12.4. The number of thioether (sulfide) groups is 1. The number of aryl methyl sites for hydroxylation is 1. The molecule has 1 N–H and O–H groups in total. The zero-order valence-electron chi connectivity index (χ0n) is 14.4. The van der Waals surface area contributed by atoms with Crippen LogP contribution in [0.15, 0.2) is 60.7 Å². The molecule has 0 saturated carbocycles. The molecule has 0 saturated heterocycles. The van der Waals surface area contributed by atoms with Gasteiger partial charge in [0, 0.05) is 17.6 Å².